The van der Waals surface area contributed by atoms with Crippen LogP contribution in [0.25, 0.3) is 0 Å². The zero-order chi connectivity index (χ0) is 24.9. The third kappa shape index (κ3) is 5.75. The molecule has 1 aliphatic heterocycles. The van der Waals surface area contributed by atoms with Gasteiger partial charge in [-0.05, 0) is 62.1 Å². The number of hydrogen-bond acceptors (Lipinski definition) is 7. The van der Waals surface area contributed by atoms with Gasteiger partial charge < -0.3 is 19.5 Å². The van der Waals surface area contributed by atoms with Crippen molar-refractivity contribution in [3.63, 3.8) is 0 Å². The van der Waals surface area contributed by atoms with Crippen molar-refractivity contribution in [2.45, 2.75) is 37.2 Å². The number of benzene rings is 1. The van der Waals surface area contributed by atoms with E-state index in [1.165, 1.54) is 18.5 Å². The maximum absolute atomic E-state index is 13.1. The molecule has 186 valence electrons. The van der Waals surface area contributed by atoms with Gasteiger partial charge in [0.15, 0.2) is 0 Å². The lowest BCUT2D eigenvalue weighted by molar-refractivity contribution is -0.140. The number of aryl methyl sites for hydroxylation is 2. The van der Waals surface area contributed by atoms with Crippen LogP contribution >= 0.6 is 0 Å². The summed E-state index contributed by atoms with van der Waals surface area (Å²) in [5.74, 6) is 0.421. The minimum absolute atomic E-state index is 0.0848. The number of ether oxygens (including phenoxy) is 2. The summed E-state index contributed by atoms with van der Waals surface area (Å²) in [6.45, 7) is 4.33. The van der Waals surface area contributed by atoms with Crippen molar-refractivity contribution in [2.24, 2.45) is 0 Å². The average Bonchev–Trinajstić information content (AvgIpc) is 2.81. The number of aromatic nitrogens is 1. The largest absolute Gasteiger partial charge is 0.497 e. The number of likely N-dealkylation sites (tertiary alicyclic amines) is 1. The molecule has 10 heteroatoms. The van der Waals surface area contributed by atoms with Crippen LogP contribution in [0.5, 0.6) is 5.75 Å². The van der Waals surface area contributed by atoms with Crippen LogP contribution in [0.1, 0.15) is 29.7 Å². The van der Waals surface area contributed by atoms with E-state index in [0.29, 0.717) is 48.5 Å². The predicted octanol–water partition coefficient (Wildman–Crippen LogP) is 1.85. The second-order valence-electron chi connectivity index (χ2n) is 8.60. The summed E-state index contributed by atoms with van der Waals surface area (Å²) >= 11 is 0. The van der Waals surface area contributed by atoms with Gasteiger partial charge in [0.1, 0.15) is 18.0 Å². The summed E-state index contributed by atoms with van der Waals surface area (Å²) in [5.41, 5.74) is 0.796. The molecule has 1 fully saturated rings. The number of pyridine rings is 1. The number of piperidine rings is 1. The molecule has 1 N–H and O–H groups in total. The Morgan fingerprint density at radius 1 is 1.21 bits per heavy atom. The van der Waals surface area contributed by atoms with Crippen molar-refractivity contribution in [2.75, 3.05) is 47.0 Å². The lowest BCUT2D eigenvalue weighted by Gasteiger charge is -2.37. The highest BCUT2D eigenvalue weighted by Crippen LogP contribution is 2.31. The van der Waals surface area contributed by atoms with E-state index in [1.54, 1.807) is 49.2 Å². The summed E-state index contributed by atoms with van der Waals surface area (Å²) in [7, 11) is -0.685. The molecule has 1 aliphatic rings. The fourth-order valence-electron chi connectivity index (χ4n) is 4.18. The van der Waals surface area contributed by atoms with E-state index in [2.05, 4.69) is 4.98 Å². The number of methoxy groups -OCH3 is 1. The van der Waals surface area contributed by atoms with E-state index in [4.69, 9.17) is 9.47 Å². The van der Waals surface area contributed by atoms with Crippen LogP contribution in [0.15, 0.2) is 41.4 Å². The Balaban J connectivity index is 1.48. The maximum Gasteiger partial charge on any atom is 0.248 e. The first-order chi connectivity index (χ1) is 16.1. The molecule has 1 saturated heterocycles. The molecular weight excluding hydrogens is 458 g/mol. The van der Waals surface area contributed by atoms with Gasteiger partial charge in [-0.3, -0.25) is 9.78 Å². The molecular formula is C24H33N3O6S. The van der Waals surface area contributed by atoms with E-state index in [-0.39, 0.29) is 30.6 Å². The first kappa shape index (κ1) is 26.1. The Labute approximate surface area is 201 Å². The normalized spacial score (nSPS) is 16.0. The fourth-order valence-corrected chi connectivity index (χ4v) is 5.73. The highest BCUT2D eigenvalue weighted by molar-refractivity contribution is 7.89. The average molecular weight is 492 g/mol. The van der Waals surface area contributed by atoms with E-state index < -0.39 is 15.6 Å². The van der Waals surface area contributed by atoms with Gasteiger partial charge in [-0.2, -0.15) is 4.31 Å². The molecule has 1 aromatic heterocycles. The number of amides is 1. The highest BCUT2D eigenvalue weighted by atomic mass is 32.2. The van der Waals surface area contributed by atoms with Gasteiger partial charge in [-0.15, -0.1) is 0 Å². The highest BCUT2D eigenvalue weighted by Gasteiger charge is 2.36. The van der Waals surface area contributed by atoms with Crippen LogP contribution < -0.4 is 4.74 Å². The van der Waals surface area contributed by atoms with Crippen molar-refractivity contribution in [3.8, 4) is 5.75 Å². The molecule has 2 heterocycles. The molecule has 0 spiro atoms. The summed E-state index contributed by atoms with van der Waals surface area (Å²) in [5, 5.41) is 10.9. The van der Waals surface area contributed by atoms with Crippen molar-refractivity contribution in [1.82, 2.24) is 14.2 Å². The second kappa shape index (κ2) is 10.8. The Morgan fingerprint density at radius 2 is 1.85 bits per heavy atom. The molecule has 9 nitrogen and oxygen atoms in total. The van der Waals surface area contributed by atoms with E-state index in [1.807, 2.05) is 6.07 Å². The number of carbonyl (C=O) groups excluding carboxylic acids is 1. The third-order valence-electron chi connectivity index (χ3n) is 6.20. The summed E-state index contributed by atoms with van der Waals surface area (Å²) in [4.78, 5) is 18.7. The van der Waals surface area contributed by atoms with Crippen LogP contribution in [0, 0.1) is 13.8 Å². The molecule has 3 rings (SSSR count). The number of aliphatic hydroxyl groups is 1. The van der Waals surface area contributed by atoms with Gasteiger partial charge in [0.2, 0.25) is 15.9 Å². The van der Waals surface area contributed by atoms with Crippen molar-refractivity contribution in [3.05, 3.63) is 53.3 Å². The number of carbonyl (C=O) groups is 1. The molecule has 0 aliphatic carbocycles. The Hall–Kier alpha value is -2.53. The van der Waals surface area contributed by atoms with Crippen LogP contribution in [0.3, 0.4) is 0 Å². The summed E-state index contributed by atoms with van der Waals surface area (Å²) < 4.78 is 38.0. The Bertz CT molecular complexity index is 1080. The third-order valence-corrected chi connectivity index (χ3v) is 8.36. The maximum atomic E-state index is 13.1. The van der Waals surface area contributed by atoms with Crippen molar-refractivity contribution in [1.29, 1.82) is 0 Å². The predicted molar refractivity (Wildman–Crippen MR) is 127 cm³/mol. The standard InChI is InChI=1S/C24H33N3O6S/c1-18-15-20(32-4)16-19(2)23(18)34(30,31)26(3)13-14-33-17-22(28)27-11-8-24(29,9-12-27)21-7-5-6-10-25-21/h5-7,10,15-16,29H,8-9,11-14,17H2,1-4H3. The van der Waals surface area contributed by atoms with Crippen LogP contribution in [0.2, 0.25) is 0 Å². The van der Waals surface area contributed by atoms with Gasteiger partial charge in [-0.1, -0.05) is 6.07 Å². The number of sulfonamides is 1. The lowest BCUT2D eigenvalue weighted by Crippen LogP contribution is -2.46. The molecule has 34 heavy (non-hydrogen) atoms. The molecule has 0 atom stereocenters. The van der Waals surface area contributed by atoms with Crippen LogP contribution in [0.4, 0.5) is 0 Å². The zero-order valence-electron chi connectivity index (χ0n) is 20.2. The number of hydrogen-bond donors (Lipinski definition) is 1. The molecule has 1 amide bonds. The minimum atomic E-state index is -3.72. The second-order valence-corrected chi connectivity index (χ2v) is 10.6. The van der Waals surface area contributed by atoms with Gasteiger partial charge in [0, 0.05) is 32.9 Å². The Kier molecular flexibility index (Phi) is 8.29. The number of rotatable bonds is 9. The number of nitrogens with zero attached hydrogens (tertiary/aromatic N) is 3. The monoisotopic (exact) mass is 491 g/mol. The molecule has 0 saturated carbocycles. The SMILES string of the molecule is COc1cc(C)c(S(=O)(=O)N(C)CCOCC(=O)N2CCC(O)(c3ccccn3)CC2)c(C)c1. The fraction of sp³-hybridized carbons (Fsp3) is 0.500. The van der Waals surface area contributed by atoms with Crippen LogP contribution in [-0.4, -0.2) is 80.6 Å². The Morgan fingerprint density at radius 3 is 2.41 bits per heavy atom. The van der Waals surface area contributed by atoms with E-state index >= 15 is 0 Å². The molecule has 0 radical (unpaired) electrons. The van der Waals surface area contributed by atoms with Gasteiger partial charge in [-0.25, -0.2) is 8.42 Å². The zero-order valence-corrected chi connectivity index (χ0v) is 21.0. The minimum Gasteiger partial charge on any atom is -0.497 e. The molecule has 0 unspecified atom stereocenters. The summed E-state index contributed by atoms with van der Waals surface area (Å²) in [6, 6.07) is 8.80. The van der Waals surface area contributed by atoms with Gasteiger partial charge in [0.05, 0.1) is 24.3 Å². The van der Waals surface area contributed by atoms with Crippen molar-refractivity contribution < 1.29 is 27.8 Å². The summed E-state index contributed by atoms with van der Waals surface area (Å²) in [6.07, 6.45) is 2.45. The van der Waals surface area contributed by atoms with E-state index in [9.17, 15) is 18.3 Å². The smallest absolute Gasteiger partial charge is 0.248 e. The molecule has 1 aromatic carbocycles. The number of likely N-dealkylation sites (N-methyl/N-ethyl adjacent to an activating group) is 1. The van der Waals surface area contributed by atoms with E-state index in [0.717, 1.165) is 0 Å². The van der Waals surface area contributed by atoms with Crippen molar-refractivity contribution >= 4 is 15.9 Å². The van der Waals surface area contributed by atoms with Gasteiger partial charge >= 0.3 is 0 Å². The van der Waals surface area contributed by atoms with Crippen LogP contribution in [-0.2, 0) is 25.2 Å². The van der Waals surface area contributed by atoms with Gasteiger partial charge in [0.25, 0.3) is 0 Å². The quantitative estimate of drug-likeness (QED) is 0.533. The first-order valence-electron chi connectivity index (χ1n) is 11.2. The molecule has 2 aromatic rings. The first-order valence-corrected chi connectivity index (χ1v) is 12.6. The topological polar surface area (TPSA) is 109 Å². The molecule has 0 bridgehead atoms. The lowest BCUT2D eigenvalue weighted by atomic mass is 9.88.